The summed E-state index contributed by atoms with van der Waals surface area (Å²) in [5, 5.41) is 0.0864. The summed E-state index contributed by atoms with van der Waals surface area (Å²) < 4.78 is 9.92. The van der Waals surface area contributed by atoms with Crippen molar-refractivity contribution < 1.29 is 18.7 Å². The zero-order valence-electron chi connectivity index (χ0n) is 10.7. The van der Waals surface area contributed by atoms with E-state index >= 15 is 0 Å². The van der Waals surface area contributed by atoms with Crippen LogP contribution in [-0.4, -0.2) is 36.5 Å². The first-order chi connectivity index (χ1) is 9.13. The van der Waals surface area contributed by atoms with Gasteiger partial charge in [-0.3, -0.25) is 9.59 Å². The number of furan rings is 1. The molecule has 0 saturated carbocycles. The lowest BCUT2D eigenvalue weighted by Crippen LogP contribution is -2.42. The summed E-state index contributed by atoms with van der Waals surface area (Å²) in [5.74, 6) is -0.686. The summed E-state index contributed by atoms with van der Waals surface area (Å²) in [6, 6.07) is 1.54. The minimum Gasteiger partial charge on any atom is -0.466 e. The smallest absolute Gasteiger partial charge is 0.310 e. The van der Waals surface area contributed by atoms with Gasteiger partial charge < -0.3 is 14.1 Å². The lowest BCUT2D eigenvalue weighted by atomic mass is 9.98. The highest BCUT2D eigenvalue weighted by atomic mass is 35.5. The normalized spacial score (nSPS) is 19.3. The Labute approximate surface area is 116 Å². The van der Waals surface area contributed by atoms with Gasteiger partial charge in [0.2, 0.25) is 5.22 Å². The van der Waals surface area contributed by atoms with Gasteiger partial charge in [-0.2, -0.15) is 0 Å². The number of amides is 1. The van der Waals surface area contributed by atoms with Crippen molar-refractivity contribution in [1.29, 1.82) is 0 Å². The molecule has 6 heteroatoms. The first-order valence-corrected chi connectivity index (χ1v) is 6.70. The molecular formula is C13H16ClNO4. The van der Waals surface area contributed by atoms with Crippen LogP contribution < -0.4 is 0 Å². The molecule has 0 spiro atoms. The quantitative estimate of drug-likeness (QED) is 0.800. The van der Waals surface area contributed by atoms with Crippen LogP contribution >= 0.6 is 11.6 Å². The number of hydrogen-bond acceptors (Lipinski definition) is 4. The second kappa shape index (κ2) is 6.10. The number of halogens is 1. The fourth-order valence-corrected chi connectivity index (χ4v) is 2.43. The number of carbonyl (C=O) groups is 2. The van der Waals surface area contributed by atoms with Gasteiger partial charge in [0.25, 0.3) is 5.91 Å². The predicted molar refractivity (Wildman–Crippen MR) is 69.0 cm³/mol. The van der Waals surface area contributed by atoms with Crippen molar-refractivity contribution in [2.45, 2.75) is 19.8 Å². The second-order valence-electron chi connectivity index (χ2n) is 4.45. The average molecular weight is 286 g/mol. The van der Waals surface area contributed by atoms with Crippen molar-refractivity contribution in [1.82, 2.24) is 4.90 Å². The molecule has 1 saturated heterocycles. The Morgan fingerprint density at radius 3 is 3.00 bits per heavy atom. The Morgan fingerprint density at radius 1 is 1.58 bits per heavy atom. The van der Waals surface area contributed by atoms with Gasteiger partial charge in [0.1, 0.15) is 0 Å². The molecular weight excluding hydrogens is 270 g/mol. The Hall–Kier alpha value is -1.49. The summed E-state index contributed by atoms with van der Waals surface area (Å²) in [5.41, 5.74) is 0.339. The first-order valence-electron chi connectivity index (χ1n) is 6.32. The first kappa shape index (κ1) is 13.9. The van der Waals surface area contributed by atoms with Gasteiger partial charge in [-0.05, 0) is 37.4 Å². The van der Waals surface area contributed by atoms with Crippen molar-refractivity contribution in [3.63, 3.8) is 0 Å². The maximum Gasteiger partial charge on any atom is 0.310 e. The number of piperidine rings is 1. The number of likely N-dealkylation sites (tertiary alicyclic amines) is 1. The van der Waals surface area contributed by atoms with E-state index in [1.165, 1.54) is 6.26 Å². The van der Waals surface area contributed by atoms with Gasteiger partial charge in [0.05, 0.1) is 24.4 Å². The number of rotatable bonds is 3. The van der Waals surface area contributed by atoms with Crippen molar-refractivity contribution in [2.75, 3.05) is 19.7 Å². The zero-order chi connectivity index (χ0) is 13.8. The van der Waals surface area contributed by atoms with Crippen LogP contribution in [0.25, 0.3) is 0 Å². The standard InChI is InChI=1S/C13H16ClNO4/c1-2-18-13(17)9-4-3-6-15(8-9)12(16)10-5-7-19-11(10)14/h5,7,9H,2-4,6,8H2,1H3/t9-/m0/s1. The fourth-order valence-electron chi connectivity index (χ4n) is 2.23. The minimum absolute atomic E-state index is 0.0864. The van der Waals surface area contributed by atoms with Gasteiger partial charge in [0.15, 0.2) is 0 Å². The molecule has 1 amide bonds. The van der Waals surface area contributed by atoms with Crippen LogP contribution in [0.15, 0.2) is 16.7 Å². The minimum atomic E-state index is -0.247. The van der Waals surface area contributed by atoms with E-state index in [0.29, 0.717) is 25.3 Å². The van der Waals surface area contributed by atoms with E-state index in [2.05, 4.69) is 0 Å². The molecule has 1 aromatic heterocycles. The molecule has 0 bridgehead atoms. The van der Waals surface area contributed by atoms with E-state index in [1.807, 2.05) is 0 Å². The van der Waals surface area contributed by atoms with E-state index in [-0.39, 0.29) is 23.0 Å². The van der Waals surface area contributed by atoms with Crippen LogP contribution in [0.1, 0.15) is 30.1 Å². The highest BCUT2D eigenvalue weighted by molar-refractivity contribution is 6.32. The van der Waals surface area contributed by atoms with E-state index in [0.717, 1.165) is 12.8 Å². The molecule has 104 valence electrons. The van der Waals surface area contributed by atoms with Crippen LogP contribution in [0.4, 0.5) is 0 Å². The van der Waals surface area contributed by atoms with Gasteiger partial charge in [0, 0.05) is 13.1 Å². The largest absolute Gasteiger partial charge is 0.466 e. The summed E-state index contributed by atoms with van der Waals surface area (Å²) in [6.07, 6.45) is 2.91. The predicted octanol–water partition coefficient (Wildman–Crippen LogP) is 2.35. The van der Waals surface area contributed by atoms with Crippen LogP contribution in [0.2, 0.25) is 5.22 Å². The average Bonchev–Trinajstić information content (AvgIpc) is 2.84. The zero-order valence-corrected chi connectivity index (χ0v) is 11.5. The SMILES string of the molecule is CCOC(=O)[C@H]1CCCN(C(=O)c2ccoc2Cl)C1. The summed E-state index contributed by atoms with van der Waals surface area (Å²) >= 11 is 5.80. The third-order valence-electron chi connectivity index (χ3n) is 3.18. The highest BCUT2D eigenvalue weighted by Gasteiger charge is 2.30. The van der Waals surface area contributed by atoms with Crippen molar-refractivity contribution in [2.24, 2.45) is 5.92 Å². The fraction of sp³-hybridized carbons (Fsp3) is 0.538. The molecule has 2 rings (SSSR count). The van der Waals surface area contributed by atoms with Crippen molar-refractivity contribution >= 4 is 23.5 Å². The Kier molecular flexibility index (Phi) is 4.47. The summed E-state index contributed by atoms with van der Waals surface area (Å²) in [6.45, 7) is 3.13. The molecule has 5 nitrogen and oxygen atoms in total. The van der Waals surface area contributed by atoms with Crippen LogP contribution in [0.3, 0.4) is 0 Å². The summed E-state index contributed by atoms with van der Waals surface area (Å²) in [4.78, 5) is 25.6. The molecule has 1 atom stereocenters. The molecule has 19 heavy (non-hydrogen) atoms. The van der Waals surface area contributed by atoms with E-state index in [1.54, 1.807) is 17.9 Å². The molecule has 2 heterocycles. The van der Waals surface area contributed by atoms with E-state index in [9.17, 15) is 9.59 Å². The third-order valence-corrected chi connectivity index (χ3v) is 3.47. The third kappa shape index (κ3) is 3.10. The number of nitrogens with zero attached hydrogens (tertiary/aromatic N) is 1. The van der Waals surface area contributed by atoms with Gasteiger partial charge >= 0.3 is 5.97 Å². The van der Waals surface area contributed by atoms with Gasteiger partial charge in [-0.25, -0.2) is 0 Å². The van der Waals surface area contributed by atoms with Gasteiger partial charge in [-0.15, -0.1) is 0 Å². The molecule has 1 aliphatic rings. The highest BCUT2D eigenvalue weighted by Crippen LogP contribution is 2.23. The molecule has 0 aromatic carbocycles. The van der Waals surface area contributed by atoms with Crippen LogP contribution in [0, 0.1) is 5.92 Å². The van der Waals surface area contributed by atoms with Crippen molar-refractivity contribution in [3.05, 3.63) is 23.1 Å². The number of esters is 1. The Balaban J connectivity index is 2.03. The molecule has 0 aliphatic carbocycles. The number of ether oxygens (including phenoxy) is 1. The topological polar surface area (TPSA) is 59.8 Å². The monoisotopic (exact) mass is 285 g/mol. The molecule has 0 N–H and O–H groups in total. The van der Waals surface area contributed by atoms with Gasteiger partial charge in [-0.1, -0.05) is 0 Å². The lowest BCUT2D eigenvalue weighted by molar-refractivity contribution is -0.149. The molecule has 0 unspecified atom stereocenters. The Bertz CT molecular complexity index is 471. The number of hydrogen-bond donors (Lipinski definition) is 0. The molecule has 0 radical (unpaired) electrons. The maximum absolute atomic E-state index is 12.2. The Morgan fingerprint density at radius 2 is 2.37 bits per heavy atom. The van der Waals surface area contributed by atoms with Crippen molar-refractivity contribution in [3.8, 4) is 0 Å². The van der Waals surface area contributed by atoms with Crippen LogP contribution in [-0.2, 0) is 9.53 Å². The maximum atomic E-state index is 12.2. The summed E-state index contributed by atoms with van der Waals surface area (Å²) in [7, 11) is 0. The van der Waals surface area contributed by atoms with E-state index in [4.69, 9.17) is 20.8 Å². The number of carbonyl (C=O) groups excluding carboxylic acids is 2. The van der Waals surface area contributed by atoms with E-state index < -0.39 is 0 Å². The second-order valence-corrected chi connectivity index (χ2v) is 4.79. The lowest BCUT2D eigenvalue weighted by Gasteiger charge is -2.31. The van der Waals surface area contributed by atoms with Crippen LogP contribution in [0.5, 0.6) is 0 Å². The molecule has 1 fully saturated rings. The molecule has 1 aromatic rings. The molecule has 1 aliphatic heterocycles.